The monoisotopic (exact) mass is 445 g/mol. The molecule has 0 aliphatic rings. The second kappa shape index (κ2) is 7.47. The van der Waals surface area contributed by atoms with Crippen LogP contribution in [0.15, 0.2) is 88.1 Å². The molecule has 0 radical (unpaired) electrons. The number of fused-ring (bicyclic) bond motifs is 1. The molecule has 1 heterocycles. The molecule has 0 saturated carbocycles. The Morgan fingerprint density at radius 3 is 2.21 bits per heavy atom. The fraction of sp³-hybridized carbons (Fsp3) is 0. The Bertz CT molecular complexity index is 1380. The first-order chi connectivity index (χ1) is 13.8. The van der Waals surface area contributed by atoms with E-state index in [0.717, 1.165) is 22.1 Å². The molecule has 0 bridgehead atoms. The van der Waals surface area contributed by atoms with Gasteiger partial charge in [-0.05, 0) is 41.1 Å². The Kier molecular flexibility index (Phi) is 4.99. The molecule has 0 aliphatic heterocycles. The molecule has 148 valence electrons. The average Bonchev–Trinajstić information content (AvgIpc) is 3.20. The van der Waals surface area contributed by atoms with Gasteiger partial charge in [0.1, 0.15) is 0 Å². The smallest absolute Gasteiger partial charge is 0.263 e. The molecule has 0 fully saturated rings. The zero-order chi connectivity index (χ0) is 20.5. The fourth-order valence-corrected chi connectivity index (χ4v) is 5.64. The van der Waals surface area contributed by atoms with Crippen molar-refractivity contribution in [2.75, 3.05) is 9.44 Å². The SMILES string of the molecule is O=S(=O)(Nc1cccc(S(=O)(=O)Nc2nccs2)c1)c1ccc2ccccc2c1. The second-order valence-electron chi connectivity index (χ2n) is 6.09. The van der Waals surface area contributed by atoms with Crippen LogP contribution in [0.1, 0.15) is 0 Å². The second-order valence-corrected chi connectivity index (χ2v) is 10.3. The zero-order valence-corrected chi connectivity index (χ0v) is 17.3. The summed E-state index contributed by atoms with van der Waals surface area (Å²) in [5, 5.41) is 3.59. The van der Waals surface area contributed by atoms with E-state index in [9.17, 15) is 16.8 Å². The lowest BCUT2D eigenvalue weighted by Crippen LogP contribution is -2.15. The Labute approximate surface area is 172 Å². The molecule has 7 nitrogen and oxygen atoms in total. The summed E-state index contributed by atoms with van der Waals surface area (Å²) >= 11 is 1.14. The molecule has 4 aromatic rings. The Morgan fingerprint density at radius 1 is 0.724 bits per heavy atom. The number of benzene rings is 3. The molecule has 0 aliphatic carbocycles. The lowest BCUT2D eigenvalue weighted by atomic mass is 10.1. The van der Waals surface area contributed by atoms with Gasteiger partial charge in [-0.25, -0.2) is 21.8 Å². The largest absolute Gasteiger partial charge is 0.280 e. The minimum atomic E-state index is -3.89. The number of hydrogen-bond donors (Lipinski definition) is 2. The molecule has 2 N–H and O–H groups in total. The number of sulfonamides is 2. The third-order valence-electron chi connectivity index (χ3n) is 4.08. The number of anilines is 2. The quantitative estimate of drug-likeness (QED) is 0.468. The number of nitrogens with zero attached hydrogens (tertiary/aromatic N) is 1. The molecule has 3 aromatic carbocycles. The van der Waals surface area contributed by atoms with Gasteiger partial charge in [0.2, 0.25) is 0 Å². The van der Waals surface area contributed by atoms with Gasteiger partial charge in [0.05, 0.1) is 15.5 Å². The molecule has 0 spiro atoms. The summed E-state index contributed by atoms with van der Waals surface area (Å²) in [4.78, 5) is 3.90. The highest BCUT2D eigenvalue weighted by atomic mass is 32.2. The van der Waals surface area contributed by atoms with Crippen LogP contribution >= 0.6 is 11.3 Å². The topological polar surface area (TPSA) is 105 Å². The maximum atomic E-state index is 12.8. The Balaban J connectivity index is 1.62. The molecule has 0 atom stereocenters. The zero-order valence-electron chi connectivity index (χ0n) is 14.8. The number of hydrogen-bond acceptors (Lipinski definition) is 6. The normalized spacial score (nSPS) is 12.0. The van der Waals surface area contributed by atoms with Gasteiger partial charge < -0.3 is 0 Å². The van der Waals surface area contributed by atoms with E-state index in [-0.39, 0.29) is 20.6 Å². The van der Waals surface area contributed by atoms with Gasteiger partial charge in [-0.3, -0.25) is 9.44 Å². The highest BCUT2D eigenvalue weighted by Crippen LogP contribution is 2.24. The van der Waals surface area contributed by atoms with E-state index in [2.05, 4.69) is 14.4 Å². The van der Waals surface area contributed by atoms with E-state index in [1.807, 2.05) is 24.3 Å². The van der Waals surface area contributed by atoms with Crippen LogP contribution in [-0.2, 0) is 20.0 Å². The minimum Gasteiger partial charge on any atom is -0.280 e. The van der Waals surface area contributed by atoms with Crippen LogP contribution in [0.4, 0.5) is 10.8 Å². The maximum absolute atomic E-state index is 12.8. The summed E-state index contributed by atoms with van der Waals surface area (Å²) in [6.45, 7) is 0. The van der Waals surface area contributed by atoms with Gasteiger partial charge in [0.25, 0.3) is 20.0 Å². The average molecular weight is 446 g/mol. The van der Waals surface area contributed by atoms with E-state index >= 15 is 0 Å². The number of nitrogens with one attached hydrogen (secondary N) is 2. The van der Waals surface area contributed by atoms with Gasteiger partial charge in [0.15, 0.2) is 5.13 Å². The third-order valence-corrected chi connectivity index (χ3v) is 7.62. The van der Waals surface area contributed by atoms with Crippen LogP contribution in [0.5, 0.6) is 0 Å². The van der Waals surface area contributed by atoms with Crippen LogP contribution in [-0.4, -0.2) is 21.8 Å². The summed E-state index contributed by atoms with van der Waals surface area (Å²) in [5.41, 5.74) is 0.139. The molecule has 0 amide bonds. The van der Waals surface area contributed by atoms with Gasteiger partial charge in [-0.1, -0.05) is 36.4 Å². The molecule has 1 aromatic heterocycles. The van der Waals surface area contributed by atoms with Crippen LogP contribution in [0, 0.1) is 0 Å². The number of rotatable bonds is 6. The first-order valence-corrected chi connectivity index (χ1v) is 12.2. The lowest BCUT2D eigenvalue weighted by Gasteiger charge is -2.11. The molecule has 4 rings (SSSR count). The van der Waals surface area contributed by atoms with Crippen molar-refractivity contribution in [1.29, 1.82) is 0 Å². The molecule has 29 heavy (non-hydrogen) atoms. The number of aromatic nitrogens is 1. The Morgan fingerprint density at radius 2 is 1.45 bits per heavy atom. The van der Waals surface area contributed by atoms with Gasteiger partial charge in [-0.2, -0.15) is 0 Å². The summed E-state index contributed by atoms with van der Waals surface area (Å²) in [6, 6.07) is 17.8. The van der Waals surface area contributed by atoms with Crippen molar-refractivity contribution in [2.24, 2.45) is 0 Å². The third kappa shape index (κ3) is 4.24. The van der Waals surface area contributed by atoms with Gasteiger partial charge in [0, 0.05) is 11.6 Å². The van der Waals surface area contributed by atoms with Crippen molar-refractivity contribution in [3.63, 3.8) is 0 Å². The Hall–Kier alpha value is -2.95. The predicted molar refractivity (Wildman–Crippen MR) is 114 cm³/mol. The maximum Gasteiger partial charge on any atom is 0.263 e. The molecular weight excluding hydrogens is 430 g/mol. The molecule has 0 saturated heterocycles. The molecular formula is C19H15N3O4S3. The van der Waals surface area contributed by atoms with E-state index < -0.39 is 20.0 Å². The standard InChI is InChI=1S/C19H15N3O4S3/c23-28(24,18-9-8-14-4-1-2-5-15(14)12-18)21-16-6-3-7-17(13-16)29(25,26)22-19-20-10-11-27-19/h1-13,21H,(H,20,22). The van der Waals surface area contributed by atoms with Crippen LogP contribution in [0.3, 0.4) is 0 Å². The van der Waals surface area contributed by atoms with Crippen molar-refractivity contribution in [1.82, 2.24) is 4.98 Å². The summed E-state index contributed by atoms with van der Waals surface area (Å²) < 4.78 is 55.4. The number of thiazole rings is 1. The first-order valence-electron chi connectivity index (χ1n) is 8.37. The summed E-state index contributed by atoms with van der Waals surface area (Å²) in [5.74, 6) is 0. The van der Waals surface area contributed by atoms with Crippen LogP contribution < -0.4 is 9.44 Å². The van der Waals surface area contributed by atoms with Crippen molar-refractivity contribution in [3.05, 3.63) is 78.3 Å². The van der Waals surface area contributed by atoms with Crippen LogP contribution in [0.25, 0.3) is 10.8 Å². The van der Waals surface area contributed by atoms with Crippen molar-refractivity contribution >= 4 is 53.0 Å². The van der Waals surface area contributed by atoms with E-state index in [0.29, 0.717) is 0 Å². The summed E-state index contributed by atoms with van der Waals surface area (Å²) in [6.07, 6.45) is 1.48. The lowest BCUT2D eigenvalue weighted by molar-refractivity contribution is 0.598. The van der Waals surface area contributed by atoms with Crippen molar-refractivity contribution < 1.29 is 16.8 Å². The highest BCUT2D eigenvalue weighted by molar-refractivity contribution is 7.93. The predicted octanol–water partition coefficient (Wildman–Crippen LogP) is 3.90. The van der Waals surface area contributed by atoms with Gasteiger partial charge in [-0.15, -0.1) is 11.3 Å². The molecule has 0 unspecified atom stereocenters. The fourth-order valence-electron chi connectivity index (χ4n) is 2.72. The minimum absolute atomic E-state index is 0.0774. The van der Waals surface area contributed by atoms with Crippen molar-refractivity contribution in [3.8, 4) is 0 Å². The van der Waals surface area contributed by atoms with E-state index in [1.165, 1.54) is 36.5 Å². The van der Waals surface area contributed by atoms with E-state index in [4.69, 9.17) is 0 Å². The highest BCUT2D eigenvalue weighted by Gasteiger charge is 2.19. The first kappa shape index (κ1) is 19.4. The molecule has 10 heteroatoms. The van der Waals surface area contributed by atoms with Crippen molar-refractivity contribution in [2.45, 2.75) is 9.79 Å². The van der Waals surface area contributed by atoms with Gasteiger partial charge >= 0.3 is 0 Å². The van der Waals surface area contributed by atoms with Crippen LogP contribution in [0.2, 0.25) is 0 Å². The van der Waals surface area contributed by atoms with E-state index in [1.54, 1.807) is 17.5 Å². The summed E-state index contributed by atoms with van der Waals surface area (Å²) in [7, 11) is -7.78.